The molecule has 2 aromatic rings. The van der Waals surface area contributed by atoms with Crippen LogP contribution in [0.5, 0.6) is 0 Å². The third-order valence-electron chi connectivity index (χ3n) is 3.31. The summed E-state index contributed by atoms with van der Waals surface area (Å²) in [7, 11) is 0. The van der Waals surface area contributed by atoms with E-state index in [0.717, 1.165) is 29.6 Å². The van der Waals surface area contributed by atoms with E-state index in [1.165, 1.54) is 18.5 Å². The Morgan fingerprint density at radius 1 is 1.20 bits per heavy atom. The van der Waals surface area contributed by atoms with Crippen molar-refractivity contribution in [1.29, 1.82) is 0 Å². The molecule has 0 bridgehead atoms. The Morgan fingerprint density at radius 2 is 2.00 bits per heavy atom. The lowest BCUT2D eigenvalue weighted by Crippen LogP contribution is -2.02. The number of rotatable bonds is 7. The van der Waals surface area contributed by atoms with Gasteiger partial charge in [0.05, 0.1) is 11.4 Å². The summed E-state index contributed by atoms with van der Waals surface area (Å²) >= 11 is 1.67. The number of hydrogen-bond acceptors (Lipinski definition) is 5. The smallest absolute Gasteiger partial charge is 0.237 e. The van der Waals surface area contributed by atoms with Gasteiger partial charge in [-0.1, -0.05) is 37.2 Å². The Morgan fingerprint density at radius 3 is 2.65 bits per heavy atom. The molecule has 20 heavy (non-hydrogen) atoms. The van der Waals surface area contributed by atoms with E-state index in [1.807, 2.05) is 6.92 Å². The average Bonchev–Trinajstić information content (AvgIpc) is 3.01. The van der Waals surface area contributed by atoms with Gasteiger partial charge in [-0.3, -0.25) is 0 Å². The lowest BCUT2D eigenvalue weighted by atomic mass is 10.3. The highest BCUT2D eigenvalue weighted by atomic mass is 32.2. The van der Waals surface area contributed by atoms with Crippen molar-refractivity contribution >= 4 is 11.8 Å². The number of nitrogens with zero attached hydrogens (tertiary/aromatic N) is 4. The SMILES string of the molecule is CCCCn1c(SCc2nc(CC)no2)nc(C)c1C. The monoisotopic (exact) mass is 294 g/mol. The summed E-state index contributed by atoms with van der Waals surface area (Å²) in [6, 6.07) is 0. The minimum atomic E-state index is 0.673. The molecule has 0 spiro atoms. The molecule has 0 N–H and O–H groups in total. The zero-order valence-corrected chi connectivity index (χ0v) is 13.5. The first-order valence-corrected chi connectivity index (χ1v) is 8.12. The van der Waals surface area contributed by atoms with Gasteiger partial charge in [0.15, 0.2) is 11.0 Å². The summed E-state index contributed by atoms with van der Waals surface area (Å²) in [5.41, 5.74) is 2.35. The van der Waals surface area contributed by atoms with E-state index >= 15 is 0 Å². The van der Waals surface area contributed by atoms with E-state index in [0.29, 0.717) is 11.6 Å². The maximum Gasteiger partial charge on any atom is 0.237 e. The van der Waals surface area contributed by atoms with E-state index in [9.17, 15) is 0 Å². The first kappa shape index (κ1) is 15.1. The molecule has 0 saturated carbocycles. The van der Waals surface area contributed by atoms with Crippen molar-refractivity contribution in [1.82, 2.24) is 19.7 Å². The van der Waals surface area contributed by atoms with Crippen LogP contribution < -0.4 is 0 Å². The van der Waals surface area contributed by atoms with Gasteiger partial charge in [0.2, 0.25) is 5.89 Å². The molecule has 2 aromatic heterocycles. The number of unbranched alkanes of at least 4 members (excludes halogenated alkanes) is 1. The zero-order valence-electron chi connectivity index (χ0n) is 12.6. The van der Waals surface area contributed by atoms with E-state index in [2.05, 4.69) is 40.5 Å². The number of imidazole rings is 1. The largest absolute Gasteiger partial charge is 0.338 e. The zero-order chi connectivity index (χ0) is 14.5. The van der Waals surface area contributed by atoms with E-state index in [1.54, 1.807) is 11.8 Å². The third kappa shape index (κ3) is 3.42. The number of aryl methyl sites for hydroxylation is 2. The van der Waals surface area contributed by atoms with Gasteiger partial charge >= 0.3 is 0 Å². The summed E-state index contributed by atoms with van der Waals surface area (Å²) < 4.78 is 7.51. The number of aromatic nitrogens is 4. The predicted molar refractivity (Wildman–Crippen MR) is 79.8 cm³/mol. The molecule has 0 unspecified atom stereocenters. The summed E-state index contributed by atoms with van der Waals surface area (Å²) in [5, 5.41) is 4.96. The number of hydrogen-bond donors (Lipinski definition) is 0. The summed E-state index contributed by atoms with van der Waals surface area (Å²) in [6.45, 7) is 9.44. The fourth-order valence-corrected chi connectivity index (χ4v) is 2.89. The summed E-state index contributed by atoms with van der Waals surface area (Å²) in [6.07, 6.45) is 3.16. The standard InChI is InChI=1S/C14H22N4OS/c1-5-7-8-18-11(4)10(3)15-14(18)20-9-13-16-12(6-2)17-19-13/h5-9H2,1-4H3. The molecule has 0 atom stereocenters. The quantitative estimate of drug-likeness (QED) is 0.731. The minimum Gasteiger partial charge on any atom is -0.338 e. The van der Waals surface area contributed by atoms with Gasteiger partial charge in [-0.2, -0.15) is 4.98 Å². The molecule has 5 nitrogen and oxygen atoms in total. The van der Waals surface area contributed by atoms with Crippen LogP contribution in [0, 0.1) is 13.8 Å². The summed E-state index contributed by atoms with van der Waals surface area (Å²) in [4.78, 5) is 8.97. The molecule has 110 valence electrons. The molecule has 0 fully saturated rings. The first-order valence-electron chi connectivity index (χ1n) is 7.13. The van der Waals surface area contributed by atoms with Crippen molar-refractivity contribution in [2.75, 3.05) is 0 Å². The fraction of sp³-hybridized carbons (Fsp3) is 0.643. The van der Waals surface area contributed by atoms with Gasteiger partial charge in [-0.05, 0) is 20.3 Å². The summed E-state index contributed by atoms with van der Waals surface area (Å²) in [5.74, 6) is 2.11. The highest BCUT2D eigenvalue weighted by molar-refractivity contribution is 7.98. The van der Waals surface area contributed by atoms with Crippen LogP contribution in [0.3, 0.4) is 0 Å². The van der Waals surface area contributed by atoms with Crippen LogP contribution in [0.25, 0.3) is 0 Å². The molecule has 0 aliphatic carbocycles. The molecule has 2 heterocycles. The second-order valence-corrected chi connectivity index (χ2v) is 5.76. The van der Waals surface area contributed by atoms with Gasteiger partial charge in [-0.15, -0.1) is 0 Å². The van der Waals surface area contributed by atoms with Crippen LogP contribution in [0.1, 0.15) is 49.8 Å². The second-order valence-electron chi connectivity index (χ2n) is 4.82. The van der Waals surface area contributed by atoms with Gasteiger partial charge in [0.25, 0.3) is 0 Å². The van der Waals surface area contributed by atoms with Crippen LogP contribution in [0.15, 0.2) is 9.68 Å². The first-order chi connectivity index (χ1) is 9.65. The van der Waals surface area contributed by atoms with Gasteiger partial charge < -0.3 is 9.09 Å². The molecular weight excluding hydrogens is 272 g/mol. The van der Waals surface area contributed by atoms with Gasteiger partial charge in [-0.25, -0.2) is 4.98 Å². The molecule has 2 rings (SSSR count). The minimum absolute atomic E-state index is 0.673. The predicted octanol–water partition coefficient (Wildman–Crippen LogP) is 3.54. The van der Waals surface area contributed by atoms with Crippen molar-refractivity contribution in [2.24, 2.45) is 0 Å². The lowest BCUT2D eigenvalue weighted by molar-refractivity contribution is 0.385. The van der Waals surface area contributed by atoms with Crippen LogP contribution in [0.4, 0.5) is 0 Å². The van der Waals surface area contributed by atoms with Crippen molar-refractivity contribution in [2.45, 2.75) is 64.4 Å². The molecule has 6 heteroatoms. The van der Waals surface area contributed by atoms with Crippen LogP contribution in [0.2, 0.25) is 0 Å². The van der Waals surface area contributed by atoms with Gasteiger partial charge in [0, 0.05) is 18.7 Å². The lowest BCUT2D eigenvalue weighted by Gasteiger charge is -2.08. The molecule has 0 saturated heterocycles. The normalized spacial score (nSPS) is 11.2. The second kappa shape index (κ2) is 6.92. The Labute approximate surface area is 124 Å². The van der Waals surface area contributed by atoms with Crippen molar-refractivity contribution in [3.63, 3.8) is 0 Å². The molecular formula is C14H22N4OS. The average molecular weight is 294 g/mol. The molecule has 0 amide bonds. The van der Waals surface area contributed by atoms with E-state index < -0.39 is 0 Å². The van der Waals surface area contributed by atoms with Crippen molar-refractivity contribution < 1.29 is 4.52 Å². The Hall–Kier alpha value is -1.30. The maximum absolute atomic E-state index is 5.22. The van der Waals surface area contributed by atoms with Crippen molar-refractivity contribution in [3.05, 3.63) is 23.1 Å². The van der Waals surface area contributed by atoms with E-state index in [-0.39, 0.29) is 0 Å². The third-order valence-corrected chi connectivity index (χ3v) is 4.27. The molecule has 0 aromatic carbocycles. The highest BCUT2D eigenvalue weighted by Crippen LogP contribution is 2.24. The van der Waals surface area contributed by atoms with Crippen LogP contribution in [-0.2, 0) is 18.7 Å². The van der Waals surface area contributed by atoms with Crippen molar-refractivity contribution in [3.8, 4) is 0 Å². The van der Waals surface area contributed by atoms with Crippen LogP contribution in [-0.4, -0.2) is 19.7 Å². The highest BCUT2D eigenvalue weighted by Gasteiger charge is 2.13. The molecule has 0 aliphatic rings. The topological polar surface area (TPSA) is 56.7 Å². The number of thioether (sulfide) groups is 1. The Bertz CT molecular complexity index is 562. The van der Waals surface area contributed by atoms with E-state index in [4.69, 9.17) is 4.52 Å². The molecule has 0 aliphatic heterocycles. The molecule has 0 radical (unpaired) electrons. The Kier molecular flexibility index (Phi) is 5.23. The van der Waals surface area contributed by atoms with Gasteiger partial charge in [0.1, 0.15) is 0 Å². The fourth-order valence-electron chi connectivity index (χ4n) is 1.93. The maximum atomic E-state index is 5.22. The Balaban J connectivity index is 2.06. The van der Waals surface area contributed by atoms with Crippen LogP contribution >= 0.6 is 11.8 Å².